The first-order chi connectivity index (χ1) is 9.41. The summed E-state index contributed by atoms with van der Waals surface area (Å²) < 4.78 is 6.50. The van der Waals surface area contributed by atoms with Crippen molar-refractivity contribution < 1.29 is 14.9 Å². The number of hydrogen-bond acceptors (Lipinski definition) is 7. The lowest BCUT2D eigenvalue weighted by Gasteiger charge is -2.19. The van der Waals surface area contributed by atoms with Gasteiger partial charge in [0.1, 0.15) is 18.1 Å². The van der Waals surface area contributed by atoms with E-state index in [9.17, 15) is 9.90 Å². The fourth-order valence-corrected chi connectivity index (χ4v) is 2.06. The summed E-state index contributed by atoms with van der Waals surface area (Å²) in [5, 5.41) is 22.5. The third-order valence-corrected chi connectivity index (χ3v) is 3.18. The zero-order valence-corrected chi connectivity index (χ0v) is 10.7. The molecule has 1 aliphatic heterocycles. The number of ether oxygens (including phenoxy) is 1. The number of nitrogens with two attached hydrogens (primary N) is 1. The number of aliphatic hydroxyl groups excluding tert-OH is 1. The highest BCUT2D eigenvalue weighted by Gasteiger charge is 2.47. The minimum absolute atomic E-state index is 0.105. The Morgan fingerprint density at radius 1 is 1.80 bits per heavy atom. The van der Waals surface area contributed by atoms with Crippen molar-refractivity contribution in [1.82, 2.24) is 9.55 Å². The maximum Gasteiger partial charge on any atom is 0.351 e. The number of nitrogens with zero attached hydrogens (tertiary/aromatic N) is 5. The molecular weight excluding hydrogens is 268 g/mol. The Bertz CT molecular complexity index is 625. The number of hydrogen-bond donors (Lipinski definition) is 3. The van der Waals surface area contributed by atoms with Gasteiger partial charge in [0.05, 0.1) is 6.61 Å². The molecule has 10 heteroatoms. The average Bonchev–Trinajstić information content (AvgIpc) is 2.71. The number of aromatic nitrogens is 2. The maximum absolute atomic E-state index is 11.8. The summed E-state index contributed by atoms with van der Waals surface area (Å²) in [6.07, 6.45) is -0.756. The van der Waals surface area contributed by atoms with Crippen LogP contribution in [0.1, 0.15) is 18.2 Å². The minimum atomic E-state index is -1.91. The van der Waals surface area contributed by atoms with Gasteiger partial charge in [-0.1, -0.05) is 5.11 Å². The molecule has 0 radical (unpaired) electrons. The average molecular weight is 282 g/mol. The van der Waals surface area contributed by atoms with E-state index in [0.29, 0.717) is 5.56 Å². The van der Waals surface area contributed by atoms with Crippen LogP contribution < -0.4 is 11.4 Å². The monoisotopic (exact) mass is 282 g/mol. The molecule has 4 N–H and O–H groups in total. The molecule has 10 nitrogen and oxygen atoms in total. The molecule has 108 valence electrons. The predicted molar refractivity (Wildman–Crippen MR) is 67.4 cm³/mol. The number of nitrogen functional groups attached to an aromatic ring is 1. The molecule has 20 heavy (non-hydrogen) atoms. The molecule has 1 saturated heterocycles. The van der Waals surface area contributed by atoms with Crippen molar-refractivity contribution in [3.05, 3.63) is 32.7 Å². The molecule has 2 heterocycles. The third kappa shape index (κ3) is 2.32. The molecule has 1 aliphatic rings. The normalized spacial score (nSPS) is 29.1. The second-order valence-corrected chi connectivity index (χ2v) is 4.53. The van der Waals surface area contributed by atoms with E-state index >= 15 is 0 Å². The molecule has 1 aromatic rings. The first-order valence-electron chi connectivity index (χ1n) is 5.81. The summed E-state index contributed by atoms with van der Waals surface area (Å²) in [5.74, 6) is 0.105. The maximum atomic E-state index is 11.8. The number of aliphatic hydroxyl groups is 2. The van der Waals surface area contributed by atoms with Gasteiger partial charge in [0.2, 0.25) is 0 Å². The highest BCUT2D eigenvalue weighted by Crippen LogP contribution is 2.37. The van der Waals surface area contributed by atoms with Gasteiger partial charge >= 0.3 is 5.69 Å². The van der Waals surface area contributed by atoms with Crippen molar-refractivity contribution in [2.75, 3.05) is 12.3 Å². The van der Waals surface area contributed by atoms with E-state index < -0.39 is 30.4 Å². The zero-order chi connectivity index (χ0) is 14.9. The SMILES string of the molecule is Cc1cn([C@H]2C[C@@](O)(N=[N+]=[N-])[C@@H](CO)O2)c(=O)nc1N. The van der Waals surface area contributed by atoms with E-state index in [0.717, 1.165) is 4.57 Å². The Morgan fingerprint density at radius 3 is 3.10 bits per heavy atom. The second kappa shape index (κ2) is 5.10. The Balaban J connectivity index is 2.39. The van der Waals surface area contributed by atoms with Crippen LogP contribution in [-0.4, -0.2) is 38.2 Å². The fraction of sp³-hybridized carbons (Fsp3) is 0.600. The van der Waals surface area contributed by atoms with Crippen LogP contribution in [0, 0.1) is 6.92 Å². The molecule has 0 aliphatic carbocycles. The van der Waals surface area contributed by atoms with Crippen molar-refractivity contribution in [2.24, 2.45) is 5.11 Å². The quantitative estimate of drug-likeness (QED) is 0.381. The van der Waals surface area contributed by atoms with E-state index in [1.807, 2.05) is 0 Å². The van der Waals surface area contributed by atoms with Gasteiger partial charge in [0.25, 0.3) is 0 Å². The van der Waals surface area contributed by atoms with Gasteiger partial charge < -0.3 is 20.7 Å². The molecule has 0 aromatic carbocycles. The Hall–Kier alpha value is -2.13. The summed E-state index contributed by atoms with van der Waals surface area (Å²) >= 11 is 0. The van der Waals surface area contributed by atoms with Gasteiger partial charge in [-0.2, -0.15) is 4.98 Å². The van der Waals surface area contributed by atoms with Crippen molar-refractivity contribution in [1.29, 1.82) is 0 Å². The molecular formula is C10H14N6O4. The van der Waals surface area contributed by atoms with E-state index in [4.69, 9.17) is 21.1 Å². The summed E-state index contributed by atoms with van der Waals surface area (Å²) in [5.41, 5.74) is 12.0. The molecule has 0 spiro atoms. The van der Waals surface area contributed by atoms with Gasteiger partial charge in [0.15, 0.2) is 5.72 Å². The number of azide groups is 1. The van der Waals surface area contributed by atoms with Gasteiger partial charge in [-0.15, -0.1) is 0 Å². The molecule has 0 bridgehead atoms. The standard InChI is InChI=1S/C10H14N6O4/c1-5-3-16(9(18)13-8(5)11)7-2-10(19,14-15-12)6(4-17)20-7/h3,6-7,17,19H,2,4H2,1H3,(H2,11,13,18)/t6-,7-,10+/m1/s1. The van der Waals surface area contributed by atoms with Crippen LogP contribution in [0.5, 0.6) is 0 Å². The van der Waals surface area contributed by atoms with Gasteiger partial charge in [-0.3, -0.25) is 4.57 Å². The first-order valence-corrected chi connectivity index (χ1v) is 5.81. The molecule has 1 aromatic heterocycles. The fourth-order valence-electron chi connectivity index (χ4n) is 2.06. The smallest absolute Gasteiger partial charge is 0.351 e. The van der Waals surface area contributed by atoms with Crippen LogP contribution in [0.4, 0.5) is 5.82 Å². The van der Waals surface area contributed by atoms with Crippen molar-refractivity contribution in [3.63, 3.8) is 0 Å². The highest BCUT2D eigenvalue weighted by atomic mass is 16.6. The van der Waals surface area contributed by atoms with Gasteiger partial charge in [-0.25, -0.2) is 4.79 Å². The van der Waals surface area contributed by atoms with Gasteiger partial charge in [-0.05, 0) is 12.5 Å². The number of anilines is 1. The lowest BCUT2D eigenvalue weighted by Crippen LogP contribution is -2.38. The van der Waals surface area contributed by atoms with E-state index in [2.05, 4.69) is 15.0 Å². The van der Waals surface area contributed by atoms with Crippen molar-refractivity contribution >= 4 is 5.82 Å². The summed E-state index contributed by atoms with van der Waals surface area (Å²) in [7, 11) is 0. The van der Waals surface area contributed by atoms with E-state index in [1.54, 1.807) is 6.92 Å². The van der Waals surface area contributed by atoms with Crippen LogP contribution in [0.3, 0.4) is 0 Å². The summed E-state index contributed by atoms with van der Waals surface area (Å²) in [6, 6.07) is 0. The molecule has 3 atom stereocenters. The Labute approximate surface area is 113 Å². The van der Waals surface area contributed by atoms with Crippen molar-refractivity contribution in [3.8, 4) is 0 Å². The lowest BCUT2D eigenvalue weighted by atomic mass is 10.1. The molecule has 2 rings (SSSR count). The number of aryl methyl sites for hydroxylation is 1. The van der Waals surface area contributed by atoms with Gasteiger partial charge in [0, 0.05) is 23.1 Å². The van der Waals surface area contributed by atoms with Crippen LogP contribution in [0.15, 0.2) is 16.1 Å². The second-order valence-electron chi connectivity index (χ2n) is 4.53. The molecule has 1 fully saturated rings. The molecule has 0 unspecified atom stereocenters. The summed E-state index contributed by atoms with van der Waals surface area (Å²) in [4.78, 5) is 17.9. The largest absolute Gasteiger partial charge is 0.394 e. The van der Waals surface area contributed by atoms with E-state index in [-0.39, 0.29) is 12.2 Å². The Morgan fingerprint density at radius 2 is 2.50 bits per heavy atom. The minimum Gasteiger partial charge on any atom is -0.394 e. The van der Waals surface area contributed by atoms with E-state index in [1.165, 1.54) is 6.20 Å². The predicted octanol–water partition coefficient (Wildman–Crippen LogP) is -0.587. The van der Waals surface area contributed by atoms with Crippen molar-refractivity contribution in [2.45, 2.75) is 31.4 Å². The molecule has 0 saturated carbocycles. The van der Waals surface area contributed by atoms with Crippen LogP contribution in [-0.2, 0) is 4.74 Å². The lowest BCUT2D eigenvalue weighted by molar-refractivity contribution is -0.0797. The topological polar surface area (TPSA) is 159 Å². The third-order valence-electron chi connectivity index (χ3n) is 3.18. The van der Waals surface area contributed by atoms with Crippen LogP contribution in [0.25, 0.3) is 10.4 Å². The molecule has 0 amide bonds. The summed E-state index contributed by atoms with van der Waals surface area (Å²) in [6.45, 7) is 1.11. The first kappa shape index (κ1) is 14.3. The van der Waals surface area contributed by atoms with Crippen LogP contribution in [0.2, 0.25) is 0 Å². The number of rotatable bonds is 3. The zero-order valence-electron chi connectivity index (χ0n) is 10.7. The highest BCUT2D eigenvalue weighted by molar-refractivity contribution is 5.35. The Kier molecular flexibility index (Phi) is 3.64. The van der Waals surface area contributed by atoms with Crippen LogP contribution >= 0.6 is 0 Å².